The minimum absolute atomic E-state index is 0.0556. The summed E-state index contributed by atoms with van der Waals surface area (Å²) in [5.74, 6) is -1.90. The van der Waals surface area contributed by atoms with Crippen LogP contribution >= 0.6 is 0 Å². The highest BCUT2D eigenvalue weighted by Crippen LogP contribution is 2.28. The Morgan fingerprint density at radius 2 is 1.58 bits per heavy atom. The van der Waals surface area contributed by atoms with Crippen molar-refractivity contribution in [3.05, 3.63) is 100 Å². The van der Waals surface area contributed by atoms with Gasteiger partial charge in [-0.25, -0.2) is 4.79 Å². The summed E-state index contributed by atoms with van der Waals surface area (Å²) in [4.78, 5) is 33.8. The highest BCUT2D eigenvalue weighted by molar-refractivity contribution is 7.86. The van der Waals surface area contributed by atoms with E-state index in [9.17, 15) is 33.2 Å². The van der Waals surface area contributed by atoms with E-state index in [1.807, 2.05) is 0 Å². The van der Waals surface area contributed by atoms with Crippen molar-refractivity contribution >= 4 is 33.4 Å². The topological polar surface area (TPSA) is 153 Å². The van der Waals surface area contributed by atoms with Gasteiger partial charge in [-0.15, -0.1) is 0 Å². The van der Waals surface area contributed by atoms with Gasteiger partial charge in [0.25, 0.3) is 15.8 Å². The summed E-state index contributed by atoms with van der Waals surface area (Å²) < 4.78 is 30.9. The summed E-state index contributed by atoms with van der Waals surface area (Å²) in [6.07, 6.45) is -1.67. The van der Waals surface area contributed by atoms with Crippen LogP contribution in [0.25, 0.3) is 0 Å². The molecule has 0 saturated carbocycles. The zero-order chi connectivity index (χ0) is 24.0. The Morgan fingerprint density at radius 3 is 2.18 bits per heavy atom. The van der Waals surface area contributed by atoms with Crippen molar-refractivity contribution < 1.29 is 32.2 Å². The minimum atomic E-state index is -4.39. The number of nitrogens with zero attached hydrogens (tertiary/aromatic N) is 1. The van der Waals surface area contributed by atoms with Gasteiger partial charge >= 0.3 is 5.97 Å². The smallest absolute Gasteiger partial charge is 0.337 e. The van der Waals surface area contributed by atoms with Crippen LogP contribution in [0.2, 0.25) is 0 Å². The van der Waals surface area contributed by atoms with E-state index in [1.54, 1.807) is 36.4 Å². The van der Waals surface area contributed by atoms with Crippen LogP contribution in [-0.4, -0.2) is 30.3 Å². The molecule has 10 nitrogen and oxygen atoms in total. The number of anilines is 1. The molecule has 11 heteroatoms. The lowest BCUT2D eigenvalue weighted by Gasteiger charge is -2.18. The zero-order valence-corrected chi connectivity index (χ0v) is 17.8. The van der Waals surface area contributed by atoms with Gasteiger partial charge < -0.3 is 10.4 Å². The predicted octanol–water partition coefficient (Wildman–Crippen LogP) is 3.77. The van der Waals surface area contributed by atoms with E-state index >= 15 is 0 Å². The van der Waals surface area contributed by atoms with E-state index in [-0.39, 0.29) is 21.8 Å². The molecule has 170 valence electrons. The average molecular weight is 470 g/mol. The van der Waals surface area contributed by atoms with Gasteiger partial charge in [0.05, 0.1) is 27.5 Å². The molecular formula is C22H18N2O8S. The maximum Gasteiger partial charge on any atom is 0.337 e. The maximum absolute atomic E-state index is 12.8. The summed E-state index contributed by atoms with van der Waals surface area (Å²) in [6, 6.07) is 18.1. The van der Waals surface area contributed by atoms with Crippen molar-refractivity contribution in [2.75, 3.05) is 5.32 Å². The number of nitrogens with one attached hydrogen (secondary N) is 1. The van der Waals surface area contributed by atoms with Crippen molar-refractivity contribution in [2.45, 2.75) is 17.4 Å². The van der Waals surface area contributed by atoms with Crippen LogP contribution in [0.1, 0.15) is 28.4 Å². The number of amides is 1. The molecule has 0 heterocycles. The normalized spacial score (nSPS) is 12.0. The van der Waals surface area contributed by atoms with Crippen LogP contribution in [0.15, 0.2) is 83.8 Å². The van der Waals surface area contributed by atoms with E-state index < -0.39 is 39.4 Å². The second-order valence-electron chi connectivity index (χ2n) is 6.80. The lowest BCUT2D eigenvalue weighted by atomic mass is 10.1. The molecular weight excluding hydrogens is 452 g/mol. The summed E-state index contributed by atoms with van der Waals surface area (Å²) >= 11 is 0. The Hall–Kier alpha value is -4.09. The fourth-order valence-corrected chi connectivity index (χ4v) is 4.03. The molecule has 1 amide bonds. The molecule has 0 aliphatic heterocycles. The second-order valence-corrected chi connectivity index (χ2v) is 8.38. The molecule has 0 aliphatic carbocycles. The molecule has 33 heavy (non-hydrogen) atoms. The first-order valence-electron chi connectivity index (χ1n) is 9.52. The zero-order valence-electron chi connectivity index (χ0n) is 17.0. The Bertz CT molecular complexity index is 1280. The molecule has 0 bridgehead atoms. The second kappa shape index (κ2) is 10.0. The fourth-order valence-electron chi connectivity index (χ4n) is 2.97. The number of carboxylic acid groups (broad SMARTS) is 1. The van der Waals surface area contributed by atoms with Crippen molar-refractivity contribution in [1.82, 2.24) is 0 Å². The number of para-hydroxylation sites is 1. The SMILES string of the molecule is O=C(CC(OS(=O)(=O)c1ccc([N+](=O)[O-])cc1)c1ccccc1)Nc1ccccc1C(=O)O. The standard InChI is InChI=1S/C22H18N2O8S/c25-21(23-19-9-5-4-8-18(19)22(26)27)14-20(15-6-2-1-3-7-15)32-33(30,31)17-12-10-16(11-13-17)24(28)29/h1-13,20H,14H2,(H,23,25)(H,26,27). The molecule has 1 atom stereocenters. The average Bonchev–Trinajstić information content (AvgIpc) is 2.79. The number of rotatable bonds is 9. The molecule has 0 fully saturated rings. The molecule has 1 unspecified atom stereocenters. The number of hydrogen-bond acceptors (Lipinski definition) is 7. The molecule has 0 spiro atoms. The highest BCUT2D eigenvalue weighted by atomic mass is 32.2. The van der Waals surface area contributed by atoms with E-state index in [0.29, 0.717) is 5.56 Å². The Morgan fingerprint density at radius 1 is 0.970 bits per heavy atom. The minimum Gasteiger partial charge on any atom is -0.478 e. The third kappa shape index (κ3) is 5.99. The van der Waals surface area contributed by atoms with Crippen molar-refractivity contribution in [3.8, 4) is 0 Å². The fraction of sp³-hybridized carbons (Fsp3) is 0.0909. The van der Waals surface area contributed by atoms with E-state index in [0.717, 1.165) is 24.3 Å². The quantitative estimate of drug-likeness (QED) is 0.272. The van der Waals surface area contributed by atoms with Gasteiger partial charge in [-0.05, 0) is 29.8 Å². The summed E-state index contributed by atoms with van der Waals surface area (Å²) in [6.45, 7) is 0. The highest BCUT2D eigenvalue weighted by Gasteiger charge is 2.26. The Kier molecular flexibility index (Phi) is 7.16. The number of carbonyl (C=O) groups is 2. The lowest BCUT2D eigenvalue weighted by molar-refractivity contribution is -0.384. The molecule has 0 aromatic heterocycles. The third-order valence-electron chi connectivity index (χ3n) is 4.55. The van der Waals surface area contributed by atoms with Crippen LogP contribution in [0.3, 0.4) is 0 Å². The first-order chi connectivity index (χ1) is 15.7. The van der Waals surface area contributed by atoms with Gasteiger partial charge in [-0.2, -0.15) is 8.42 Å². The molecule has 0 aliphatic rings. The monoisotopic (exact) mass is 470 g/mol. The van der Waals surface area contributed by atoms with Crippen LogP contribution in [0, 0.1) is 10.1 Å². The number of nitro groups is 1. The van der Waals surface area contributed by atoms with Gasteiger partial charge in [-0.3, -0.25) is 19.1 Å². The number of non-ortho nitro benzene ring substituents is 1. The first kappa shape index (κ1) is 23.6. The van der Waals surface area contributed by atoms with Crippen LogP contribution < -0.4 is 5.32 Å². The van der Waals surface area contributed by atoms with E-state index in [4.69, 9.17) is 4.18 Å². The van der Waals surface area contributed by atoms with Crippen LogP contribution in [0.4, 0.5) is 11.4 Å². The molecule has 0 radical (unpaired) electrons. The Labute approximate surface area is 188 Å². The summed E-state index contributed by atoms with van der Waals surface area (Å²) in [5.41, 5.74) is 0.0382. The van der Waals surface area contributed by atoms with Crippen molar-refractivity contribution in [3.63, 3.8) is 0 Å². The van der Waals surface area contributed by atoms with Crippen LogP contribution in [0.5, 0.6) is 0 Å². The molecule has 0 saturated heterocycles. The molecule has 3 rings (SSSR count). The van der Waals surface area contributed by atoms with Gasteiger partial charge in [0.2, 0.25) is 5.91 Å². The van der Waals surface area contributed by atoms with E-state index in [2.05, 4.69) is 5.32 Å². The molecule has 2 N–H and O–H groups in total. The van der Waals surface area contributed by atoms with Crippen molar-refractivity contribution in [1.29, 1.82) is 0 Å². The van der Waals surface area contributed by atoms with Gasteiger partial charge in [0, 0.05) is 12.1 Å². The number of benzene rings is 3. The number of aromatic carboxylic acids is 1. The lowest BCUT2D eigenvalue weighted by Crippen LogP contribution is -2.21. The largest absolute Gasteiger partial charge is 0.478 e. The summed E-state index contributed by atoms with van der Waals surface area (Å²) in [7, 11) is -4.39. The first-order valence-corrected chi connectivity index (χ1v) is 10.9. The maximum atomic E-state index is 12.8. The number of hydrogen-bond donors (Lipinski definition) is 2. The van der Waals surface area contributed by atoms with Gasteiger partial charge in [0.1, 0.15) is 6.10 Å². The third-order valence-corrected chi connectivity index (χ3v) is 5.89. The van der Waals surface area contributed by atoms with Crippen molar-refractivity contribution in [2.24, 2.45) is 0 Å². The van der Waals surface area contributed by atoms with Crippen LogP contribution in [-0.2, 0) is 19.1 Å². The molecule has 3 aromatic carbocycles. The Balaban J connectivity index is 1.84. The molecule has 3 aromatic rings. The number of nitro benzene ring substituents is 1. The number of carbonyl (C=O) groups excluding carboxylic acids is 1. The predicted molar refractivity (Wildman–Crippen MR) is 117 cm³/mol. The van der Waals surface area contributed by atoms with E-state index in [1.165, 1.54) is 18.2 Å². The van der Waals surface area contributed by atoms with Gasteiger partial charge in [-0.1, -0.05) is 42.5 Å². The van der Waals surface area contributed by atoms with Gasteiger partial charge in [0.15, 0.2) is 0 Å². The summed E-state index contributed by atoms with van der Waals surface area (Å²) in [5, 5.41) is 22.5. The number of carboxylic acids is 1.